The number of aryl methyl sites for hydroxylation is 1. The zero-order valence-corrected chi connectivity index (χ0v) is 14.6. The van der Waals surface area contributed by atoms with Crippen molar-refractivity contribution < 1.29 is 4.92 Å². The largest absolute Gasteiger partial charge is 0.383 e. The lowest BCUT2D eigenvalue weighted by Crippen LogP contribution is -1.97. The van der Waals surface area contributed by atoms with Crippen LogP contribution >= 0.6 is 0 Å². The first-order chi connectivity index (χ1) is 11.6. The first-order valence-electron chi connectivity index (χ1n) is 7.91. The first kappa shape index (κ1) is 19.1. The zero-order chi connectivity index (χ0) is 18.3. The molecule has 0 saturated heterocycles. The Labute approximate surface area is 141 Å². The second-order valence-corrected chi connectivity index (χ2v) is 4.42. The summed E-state index contributed by atoms with van der Waals surface area (Å²) in [4.78, 5) is 18.6. The number of non-ortho nitro benzene ring substituents is 1. The van der Waals surface area contributed by atoms with Crippen LogP contribution in [0.4, 0.5) is 11.5 Å². The van der Waals surface area contributed by atoms with Crippen LogP contribution in [0.2, 0.25) is 0 Å². The van der Waals surface area contributed by atoms with E-state index in [2.05, 4.69) is 9.97 Å². The Morgan fingerprint density at radius 3 is 2.46 bits per heavy atom. The molecule has 0 aliphatic rings. The highest BCUT2D eigenvalue weighted by molar-refractivity contribution is 5.90. The minimum absolute atomic E-state index is 0.0315. The van der Waals surface area contributed by atoms with E-state index in [9.17, 15) is 10.1 Å². The summed E-state index contributed by atoms with van der Waals surface area (Å²) in [6.07, 6.45) is 3.22. The van der Waals surface area contributed by atoms with E-state index in [-0.39, 0.29) is 5.69 Å². The fourth-order valence-electron chi connectivity index (χ4n) is 2.22. The molecular weight excluding hydrogens is 306 g/mol. The van der Waals surface area contributed by atoms with Crippen molar-refractivity contribution in [1.82, 2.24) is 14.5 Å². The van der Waals surface area contributed by atoms with Crippen molar-refractivity contribution in [2.45, 2.75) is 34.6 Å². The summed E-state index contributed by atoms with van der Waals surface area (Å²) in [6.45, 7) is 9.90. The molecule has 0 aliphatic carbocycles. The number of benzene rings is 1. The summed E-state index contributed by atoms with van der Waals surface area (Å²) in [5.74, 6) is 0.400. The quantitative estimate of drug-likeness (QED) is 0.559. The fraction of sp³-hybridized carbons (Fsp3) is 0.294. The van der Waals surface area contributed by atoms with Gasteiger partial charge in [0.2, 0.25) is 0 Å². The molecule has 2 heterocycles. The molecule has 7 nitrogen and oxygen atoms in total. The molecule has 2 N–H and O–H groups in total. The van der Waals surface area contributed by atoms with E-state index >= 15 is 0 Å². The molecular formula is C17H23N5O2. The van der Waals surface area contributed by atoms with E-state index in [1.54, 1.807) is 16.7 Å². The van der Waals surface area contributed by atoms with Gasteiger partial charge in [0, 0.05) is 18.3 Å². The maximum atomic E-state index is 10.9. The predicted octanol–water partition coefficient (Wildman–Crippen LogP) is 4.27. The molecule has 0 unspecified atom stereocenters. The van der Waals surface area contributed by atoms with Crippen molar-refractivity contribution in [3.63, 3.8) is 0 Å². The van der Waals surface area contributed by atoms with Crippen LogP contribution in [-0.2, 0) is 0 Å². The van der Waals surface area contributed by atoms with E-state index in [1.807, 2.05) is 40.8 Å². The molecule has 0 saturated carbocycles. The molecule has 3 rings (SSSR count). The number of rotatable bonds is 2. The number of nitro groups is 1. The number of nitrogens with two attached hydrogens (primary N) is 1. The van der Waals surface area contributed by atoms with E-state index in [0.717, 1.165) is 10.9 Å². The molecule has 0 amide bonds. The van der Waals surface area contributed by atoms with E-state index < -0.39 is 4.92 Å². The molecule has 1 aromatic carbocycles. The number of aromatic nitrogens is 3. The fourth-order valence-corrected chi connectivity index (χ4v) is 2.22. The third-order valence-corrected chi connectivity index (χ3v) is 3.12. The first-order valence-corrected chi connectivity index (χ1v) is 7.91. The van der Waals surface area contributed by atoms with Gasteiger partial charge in [-0.05, 0) is 18.6 Å². The Bertz CT molecular complexity index is 827. The minimum Gasteiger partial charge on any atom is -0.383 e. The Morgan fingerprint density at radius 1 is 1.17 bits per heavy atom. The van der Waals surface area contributed by atoms with E-state index in [4.69, 9.17) is 5.73 Å². The van der Waals surface area contributed by atoms with Gasteiger partial charge >= 0.3 is 0 Å². The predicted molar refractivity (Wildman–Crippen MR) is 97.4 cm³/mol. The molecule has 0 fully saturated rings. The maximum Gasteiger partial charge on any atom is 0.271 e. The number of nitrogens with zero attached hydrogens (tertiary/aromatic N) is 4. The monoisotopic (exact) mass is 329 g/mol. The van der Waals surface area contributed by atoms with Crippen molar-refractivity contribution in [3.8, 4) is 5.69 Å². The van der Waals surface area contributed by atoms with Gasteiger partial charge in [-0.2, -0.15) is 0 Å². The Balaban J connectivity index is 0.000000671. The highest BCUT2D eigenvalue weighted by atomic mass is 16.6. The average molecular weight is 329 g/mol. The smallest absolute Gasteiger partial charge is 0.271 e. The van der Waals surface area contributed by atoms with Gasteiger partial charge in [-0.3, -0.25) is 10.1 Å². The van der Waals surface area contributed by atoms with Crippen LogP contribution in [0.3, 0.4) is 0 Å². The van der Waals surface area contributed by atoms with Crippen LogP contribution in [0.15, 0.2) is 36.8 Å². The molecule has 24 heavy (non-hydrogen) atoms. The van der Waals surface area contributed by atoms with Gasteiger partial charge in [-0.15, -0.1) is 0 Å². The molecule has 0 radical (unpaired) electrons. The number of nitrogen functional groups attached to an aromatic ring is 1. The Kier molecular flexibility index (Phi) is 6.85. The van der Waals surface area contributed by atoms with Gasteiger partial charge in [0.15, 0.2) is 0 Å². The van der Waals surface area contributed by atoms with Gasteiger partial charge in [-0.1, -0.05) is 33.8 Å². The van der Waals surface area contributed by atoms with Crippen LogP contribution in [0.5, 0.6) is 0 Å². The maximum absolute atomic E-state index is 10.9. The Hall–Kier alpha value is -2.96. The van der Waals surface area contributed by atoms with Crippen molar-refractivity contribution in [2.75, 3.05) is 5.73 Å². The standard InChI is InChI=1S/C13H11N5O2.2C2H6/c1-8-6-17(13-11(8)12(14)15-7-16-13)9-3-2-4-10(5-9)18(19)20;2*1-2/h2-7H,1H3,(H2,14,15,16);2*1-2H3. The number of hydrogen-bond acceptors (Lipinski definition) is 5. The normalized spacial score (nSPS) is 9.54. The molecule has 0 aliphatic heterocycles. The molecule has 128 valence electrons. The average Bonchev–Trinajstić information content (AvgIpc) is 2.97. The summed E-state index contributed by atoms with van der Waals surface area (Å²) >= 11 is 0. The molecule has 7 heteroatoms. The van der Waals surface area contributed by atoms with Crippen molar-refractivity contribution in [1.29, 1.82) is 0 Å². The molecule has 0 spiro atoms. The van der Waals surface area contributed by atoms with E-state index in [0.29, 0.717) is 17.2 Å². The van der Waals surface area contributed by atoms with Gasteiger partial charge in [0.25, 0.3) is 5.69 Å². The lowest BCUT2D eigenvalue weighted by atomic mass is 10.2. The third-order valence-electron chi connectivity index (χ3n) is 3.12. The van der Waals surface area contributed by atoms with Crippen molar-refractivity contribution in [2.24, 2.45) is 0 Å². The highest BCUT2D eigenvalue weighted by Crippen LogP contribution is 2.27. The Morgan fingerprint density at radius 2 is 1.83 bits per heavy atom. The van der Waals surface area contributed by atoms with Gasteiger partial charge in [-0.25, -0.2) is 9.97 Å². The lowest BCUT2D eigenvalue weighted by Gasteiger charge is -2.04. The highest BCUT2D eigenvalue weighted by Gasteiger charge is 2.13. The van der Waals surface area contributed by atoms with Crippen LogP contribution in [-0.4, -0.2) is 19.5 Å². The summed E-state index contributed by atoms with van der Waals surface area (Å²) in [7, 11) is 0. The summed E-state index contributed by atoms with van der Waals surface area (Å²) in [5.41, 5.74) is 8.10. The van der Waals surface area contributed by atoms with Crippen LogP contribution in [0.25, 0.3) is 16.7 Å². The second kappa shape index (κ2) is 8.61. The van der Waals surface area contributed by atoms with Crippen molar-refractivity contribution in [3.05, 3.63) is 52.5 Å². The van der Waals surface area contributed by atoms with Gasteiger partial charge in [0.1, 0.15) is 17.8 Å². The minimum atomic E-state index is -0.425. The number of nitro benzene ring substituents is 1. The molecule has 0 atom stereocenters. The van der Waals surface area contributed by atoms with Crippen molar-refractivity contribution >= 4 is 22.5 Å². The van der Waals surface area contributed by atoms with Crippen LogP contribution in [0, 0.1) is 17.0 Å². The zero-order valence-electron chi connectivity index (χ0n) is 14.6. The molecule has 3 aromatic rings. The second-order valence-electron chi connectivity index (χ2n) is 4.42. The number of anilines is 1. The summed E-state index contributed by atoms with van der Waals surface area (Å²) in [6, 6.07) is 6.37. The number of hydrogen-bond donors (Lipinski definition) is 1. The summed E-state index contributed by atoms with van der Waals surface area (Å²) in [5, 5.41) is 11.6. The van der Waals surface area contributed by atoms with Gasteiger partial charge < -0.3 is 10.3 Å². The third kappa shape index (κ3) is 3.68. The molecule has 0 bridgehead atoms. The molecule has 2 aromatic heterocycles. The summed E-state index contributed by atoms with van der Waals surface area (Å²) < 4.78 is 1.77. The SMILES string of the molecule is CC.CC.Cc1cn(-c2cccc([N+](=O)[O-])c2)c2ncnc(N)c12. The van der Waals surface area contributed by atoms with Crippen LogP contribution in [0.1, 0.15) is 33.3 Å². The van der Waals surface area contributed by atoms with Gasteiger partial charge in [0.05, 0.1) is 16.0 Å². The number of fused-ring (bicyclic) bond motifs is 1. The van der Waals surface area contributed by atoms with E-state index in [1.165, 1.54) is 18.5 Å². The van der Waals surface area contributed by atoms with Crippen LogP contribution < -0.4 is 5.73 Å². The topological polar surface area (TPSA) is 99.9 Å². The lowest BCUT2D eigenvalue weighted by molar-refractivity contribution is -0.384.